The van der Waals surface area contributed by atoms with Gasteiger partial charge in [-0.15, -0.1) is 0 Å². The molecule has 7 fully saturated rings. The monoisotopic (exact) mass is 922 g/mol. The third-order valence-corrected chi connectivity index (χ3v) is 16.4. The van der Waals surface area contributed by atoms with Crippen LogP contribution < -0.4 is 0 Å². The Bertz CT molecular complexity index is 1530. The maximum Gasteiger partial charge on any atom is 0.314 e. The SMILES string of the molecule is CC[C@]12CCC3C(CCC[C@@]3(C)C(=O)O[C@H]3C[C@@H](O)C[C@@H](CO)O3)C1CC([C@H](O)C1OCC(O)CC1O)C(O[C@@H]1O[C@H](CO)C(O)[C@H](O[C@@H]3O[C@H](CO)C(O)[C@H](O)C3O)C1O)C(C)C2. The molecule has 370 valence electrons. The number of aliphatic hydroxyl groups is 12. The van der Waals surface area contributed by atoms with Crippen molar-refractivity contribution in [2.75, 3.05) is 26.4 Å². The fourth-order valence-corrected chi connectivity index (χ4v) is 12.9. The molecule has 4 aliphatic heterocycles. The highest BCUT2D eigenvalue weighted by atomic mass is 16.7. The molecule has 0 aromatic carbocycles. The highest BCUT2D eigenvalue weighted by Gasteiger charge is 2.61. The van der Waals surface area contributed by atoms with Gasteiger partial charge in [-0.1, -0.05) is 26.7 Å². The van der Waals surface area contributed by atoms with Gasteiger partial charge < -0.3 is 94.4 Å². The minimum atomic E-state index is -1.87. The summed E-state index contributed by atoms with van der Waals surface area (Å²) in [5.74, 6) is -1.85. The van der Waals surface area contributed by atoms with Gasteiger partial charge in [-0.25, -0.2) is 0 Å². The van der Waals surface area contributed by atoms with E-state index < -0.39 is 141 Å². The molecular weight excluding hydrogens is 848 g/mol. The molecule has 0 radical (unpaired) electrons. The van der Waals surface area contributed by atoms with Crippen molar-refractivity contribution in [1.29, 1.82) is 0 Å². The Balaban J connectivity index is 1.19. The average molecular weight is 923 g/mol. The van der Waals surface area contributed by atoms with Crippen molar-refractivity contribution in [3.8, 4) is 0 Å². The molecule has 3 saturated carbocycles. The van der Waals surface area contributed by atoms with Crippen LogP contribution in [0, 0.1) is 40.4 Å². The van der Waals surface area contributed by atoms with E-state index >= 15 is 0 Å². The number of fused-ring (bicyclic) bond motifs is 3. The van der Waals surface area contributed by atoms with Crippen LogP contribution in [0.25, 0.3) is 0 Å². The van der Waals surface area contributed by atoms with Crippen molar-refractivity contribution < 1.29 is 99.2 Å². The molecule has 20 nitrogen and oxygen atoms in total. The summed E-state index contributed by atoms with van der Waals surface area (Å²) < 4.78 is 41.9. The van der Waals surface area contributed by atoms with Crippen LogP contribution in [0.15, 0.2) is 0 Å². The van der Waals surface area contributed by atoms with Gasteiger partial charge in [0.1, 0.15) is 54.9 Å². The van der Waals surface area contributed by atoms with Crippen molar-refractivity contribution in [1.82, 2.24) is 0 Å². The van der Waals surface area contributed by atoms with Crippen LogP contribution in [0.5, 0.6) is 0 Å². The van der Waals surface area contributed by atoms with Crippen molar-refractivity contribution in [2.24, 2.45) is 40.4 Å². The van der Waals surface area contributed by atoms with E-state index in [4.69, 9.17) is 33.2 Å². The molecule has 12 N–H and O–H groups in total. The lowest BCUT2D eigenvalue weighted by molar-refractivity contribution is -0.367. The highest BCUT2D eigenvalue weighted by Crippen LogP contribution is 2.64. The van der Waals surface area contributed by atoms with E-state index in [1.54, 1.807) is 0 Å². The molecule has 0 aromatic rings. The molecule has 4 saturated heterocycles. The topological polar surface area (TPSA) is 324 Å². The third kappa shape index (κ3) is 9.80. The summed E-state index contributed by atoms with van der Waals surface area (Å²) in [5, 5.41) is 129. The lowest BCUT2D eigenvalue weighted by atomic mass is 9.47. The second kappa shape index (κ2) is 20.8. The molecule has 0 aromatic heterocycles. The second-order valence-corrected chi connectivity index (χ2v) is 20.3. The molecule has 7 aliphatic rings. The first-order valence-electron chi connectivity index (χ1n) is 23.4. The number of carbonyl (C=O) groups is 1. The predicted octanol–water partition coefficient (Wildman–Crippen LogP) is -2.46. The number of hydrogen-bond donors (Lipinski definition) is 12. The van der Waals surface area contributed by atoms with E-state index in [1.165, 1.54) is 0 Å². The Hall–Kier alpha value is -1.25. The average Bonchev–Trinajstić information content (AvgIpc) is 3.39. The Labute approximate surface area is 373 Å². The van der Waals surface area contributed by atoms with E-state index in [1.807, 2.05) is 13.8 Å². The van der Waals surface area contributed by atoms with Crippen molar-refractivity contribution in [3.05, 3.63) is 0 Å². The Morgan fingerprint density at radius 3 is 2.06 bits per heavy atom. The van der Waals surface area contributed by atoms with Crippen LogP contribution in [0.4, 0.5) is 0 Å². The van der Waals surface area contributed by atoms with Gasteiger partial charge in [0.2, 0.25) is 6.29 Å². The number of ether oxygens (including phenoxy) is 7. The van der Waals surface area contributed by atoms with E-state index in [-0.39, 0.29) is 61.6 Å². The van der Waals surface area contributed by atoms with Crippen LogP contribution in [0.3, 0.4) is 0 Å². The molecule has 4 heterocycles. The zero-order valence-electron chi connectivity index (χ0n) is 37.0. The molecule has 0 bridgehead atoms. The quantitative estimate of drug-likeness (QED) is 0.0904. The summed E-state index contributed by atoms with van der Waals surface area (Å²) in [5.41, 5.74) is -1.23. The fourth-order valence-electron chi connectivity index (χ4n) is 12.9. The maximum absolute atomic E-state index is 14.3. The van der Waals surface area contributed by atoms with Crippen LogP contribution in [0.1, 0.15) is 91.4 Å². The standard InChI is InChI=1S/C44H74O20/c1-4-44-9-7-25-23(6-5-8-43(25,3)42(57)62-30-12-20(48)10-22(15-45)59-30)26(44)13-24(31(51)38-27(50)11-21(49)18-58-38)37(19(2)14-44)63-41-36(56)39(33(53)29(17-47)61-41)64-40-35(55)34(54)32(52)28(16-46)60-40/h19-41,45-56H,4-18H2,1-3H3/t19?,20-,21?,22-,23?,24?,25?,26?,27?,28+,29+,30-,31-,32?,33?,34-,35?,36?,37?,38?,39-,40-,41-,43+,44+/m0/s1. The van der Waals surface area contributed by atoms with Gasteiger partial charge in [-0.2, -0.15) is 0 Å². The Morgan fingerprint density at radius 2 is 1.41 bits per heavy atom. The molecule has 64 heavy (non-hydrogen) atoms. The van der Waals surface area contributed by atoms with Crippen LogP contribution in [0.2, 0.25) is 0 Å². The first-order valence-corrected chi connectivity index (χ1v) is 23.4. The van der Waals surface area contributed by atoms with Gasteiger partial charge in [0.05, 0.1) is 68.5 Å². The van der Waals surface area contributed by atoms with Gasteiger partial charge in [-0.05, 0) is 74.5 Å². The van der Waals surface area contributed by atoms with Crippen molar-refractivity contribution in [2.45, 2.75) is 202 Å². The lowest BCUT2D eigenvalue weighted by Crippen LogP contribution is -2.65. The minimum absolute atomic E-state index is 0.0236. The van der Waals surface area contributed by atoms with E-state index in [9.17, 15) is 66.1 Å². The summed E-state index contributed by atoms with van der Waals surface area (Å²) >= 11 is 0. The van der Waals surface area contributed by atoms with E-state index in [2.05, 4.69) is 6.92 Å². The molecule has 25 atom stereocenters. The summed E-state index contributed by atoms with van der Waals surface area (Å²) in [6, 6.07) is 0. The third-order valence-electron chi connectivity index (χ3n) is 16.4. The van der Waals surface area contributed by atoms with Gasteiger partial charge in [0.15, 0.2) is 12.6 Å². The van der Waals surface area contributed by atoms with E-state index in [0.29, 0.717) is 32.1 Å². The van der Waals surface area contributed by atoms with Crippen molar-refractivity contribution in [3.63, 3.8) is 0 Å². The normalized spacial score (nSPS) is 51.9. The fraction of sp³-hybridized carbons (Fsp3) is 0.977. The summed E-state index contributed by atoms with van der Waals surface area (Å²) in [6.07, 6.45) is -19.4. The Kier molecular flexibility index (Phi) is 16.4. The molecular formula is C44H74O20. The predicted molar refractivity (Wildman–Crippen MR) is 217 cm³/mol. The van der Waals surface area contributed by atoms with Crippen LogP contribution >= 0.6 is 0 Å². The van der Waals surface area contributed by atoms with Gasteiger partial charge in [-0.3, -0.25) is 4.79 Å². The molecule has 0 spiro atoms. The van der Waals surface area contributed by atoms with Gasteiger partial charge in [0.25, 0.3) is 0 Å². The summed E-state index contributed by atoms with van der Waals surface area (Å²) in [6.45, 7) is 4.06. The first kappa shape index (κ1) is 50.6. The zero-order chi connectivity index (χ0) is 46.4. The number of hydrogen-bond acceptors (Lipinski definition) is 20. The van der Waals surface area contributed by atoms with Gasteiger partial charge >= 0.3 is 5.97 Å². The van der Waals surface area contributed by atoms with Crippen molar-refractivity contribution >= 4 is 5.97 Å². The largest absolute Gasteiger partial charge is 0.435 e. The molecule has 0 amide bonds. The minimum Gasteiger partial charge on any atom is -0.435 e. The molecule has 20 heteroatoms. The number of carbonyl (C=O) groups excluding carboxylic acids is 1. The first-order chi connectivity index (χ1) is 30.4. The molecule has 7 rings (SSSR count). The number of aliphatic hydroxyl groups excluding tert-OH is 12. The Morgan fingerprint density at radius 1 is 0.734 bits per heavy atom. The number of esters is 1. The number of rotatable bonds is 12. The molecule has 3 aliphatic carbocycles. The summed E-state index contributed by atoms with van der Waals surface area (Å²) in [4.78, 5) is 14.3. The lowest BCUT2D eigenvalue weighted by Gasteiger charge is -2.57. The second-order valence-electron chi connectivity index (χ2n) is 20.3. The summed E-state index contributed by atoms with van der Waals surface area (Å²) in [7, 11) is 0. The van der Waals surface area contributed by atoms with Crippen LogP contribution in [-0.4, -0.2) is 204 Å². The zero-order valence-corrected chi connectivity index (χ0v) is 37.0. The van der Waals surface area contributed by atoms with Gasteiger partial charge in [0, 0.05) is 25.2 Å². The van der Waals surface area contributed by atoms with E-state index in [0.717, 1.165) is 19.3 Å². The van der Waals surface area contributed by atoms with Crippen LogP contribution in [-0.2, 0) is 38.0 Å². The maximum atomic E-state index is 14.3. The smallest absolute Gasteiger partial charge is 0.314 e. The molecule has 13 unspecified atom stereocenters. The highest BCUT2D eigenvalue weighted by molar-refractivity contribution is 5.77.